The summed E-state index contributed by atoms with van der Waals surface area (Å²) in [4.78, 5) is 11.2. The van der Waals surface area contributed by atoms with Crippen LogP contribution in [0.2, 0.25) is 5.02 Å². The molecule has 0 heterocycles. The second-order valence-corrected chi connectivity index (χ2v) is 6.93. The Labute approximate surface area is 131 Å². The van der Waals surface area contributed by atoms with E-state index in [1.807, 2.05) is 12.1 Å². The van der Waals surface area contributed by atoms with Gasteiger partial charge in [0.05, 0.1) is 5.92 Å². The van der Waals surface area contributed by atoms with Crippen LogP contribution in [-0.4, -0.2) is 23.7 Å². The van der Waals surface area contributed by atoms with E-state index in [2.05, 4.69) is 31.3 Å². The Morgan fingerprint density at radius 3 is 2.48 bits per heavy atom. The highest BCUT2D eigenvalue weighted by molar-refractivity contribution is 6.30. The number of aliphatic carboxylic acids is 1. The van der Waals surface area contributed by atoms with Crippen LogP contribution in [0.3, 0.4) is 0 Å². The molecule has 2 rings (SSSR count). The van der Waals surface area contributed by atoms with Gasteiger partial charge in [-0.25, -0.2) is 0 Å². The quantitative estimate of drug-likeness (QED) is 0.802. The fourth-order valence-corrected chi connectivity index (χ4v) is 3.07. The Kier molecular flexibility index (Phi) is 5.65. The van der Waals surface area contributed by atoms with Gasteiger partial charge in [0, 0.05) is 17.6 Å². The third-order valence-corrected chi connectivity index (χ3v) is 4.49. The lowest BCUT2D eigenvalue weighted by molar-refractivity contribution is -0.142. The van der Waals surface area contributed by atoms with Crippen LogP contribution in [0.25, 0.3) is 0 Å². The Morgan fingerprint density at radius 1 is 1.33 bits per heavy atom. The lowest BCUT2D eigenvalue weighted by Crippen LogP contribution is -2.43. The third kappa shape index (κ3) is 4.72. The smallest absolute Gasteiger partial charge is 0.307 e. The van der Waals surface area contributed by atoms with Gasteiger partial charge in [0.1, 0.15) is 0 Å². The van der Waals surface area contributed by atoms with Gasteiger partial charge in [0.15, 0.2) is 0 Å². The van der Waals surface area contributed by atoms with E-state index in [0.29, 0.717) is 24.4 Å². The van der Waals surface area contributed by atoms with Gasteiger partial charge in [-0.2, -0.15) is 0 Å². The van der Waals surface area contributed by atoms with Gasteiger partial charge in [-0.1, -0.05) is 37.6 Å². The van der Waals surface area contributed by atoms with Crippen LogP contribution in [0.4, 0.5) is 0 Å². The van der Waals surface area contributed by atoms with Gasteiger partial charge < -0.3 is 10.4 Å². The first-order valence-corrected chi connectivity index (χ1v) is 8.05. The van der Waals surface area contributed by atoms with Gasteiger partial charge in [-0.3, -0.25) is 4.79 Å². The second-order valence-electron chi connectivity index (χ2n) is 6.49. The highest BCUT2D eigenvalue weighted by atomic mass is 35.5. The van der Waals surface area contributed by atoms with Crippen molar-refractivity contribution in [2.75, 3.05) is 6.54 Å². The molecule has 1 aromatic carbocycles. The molecule has 0 aromatic heterocycles. The molecule has 0 amide bonds. The molecule has 3 nitrogen and oxygen atoms in total. The molecule has 1 aliphatic rings. The van der Waals surface area contributed by atoms with Crippen LogP contribution in [0.15, 0.2) is 24.3 Å². The number of halogens is 1. The summed E-state index contributed by atoms with van der Waals surface area (Å²) in [5.41, 5.74) is 1.33. The maximum absolute atomic E-state index is 11.2. The maximum Gasteiger partial charge on any atom is 0.307 e. The van der Waals surface area contributed by atoms with Gasteiger partial charge in [0.2, 0.25) is 0 Å². The average molecular weight is 310 g/mol. The van der Waals surface area contributed by atoms with Crippen molar-refractivity contribution >= 4 is 17.6 Å². The first-order chi connectivity index (χ1) is 9.95. The van der Waals surface area contributed by atoms with Crippen LogP contribution in [0.5, 0.6) is 0 Å². The molecule has 1 saturated carbocycles. The molecule has 116 valence electrons. The Balaban J connectivity index is 1.74. The van der Waals surface area contributed by atoms with Gasteiger partial charge in [-0.05, 0) is 48.8 Å². The molecule has 1 aliphatic carbocycles. The van der Waals surface area contributed by atoms with E-state index in [-0.39, 0.29) is 5.92 Å². The van der Waals surface area contributed by atoms with Crippen LogP contribution in [0.1, 0.15) is 44.6 Å². The van der Waals surface area contributed by atoms with E-state index < -0.39 is 5.97 Å². The predicted molar refractivity (Wildman–Crippen MR) is 85.8 cm³/mol. The molecule has 1 aromatic rings. The monoisotopic (exact) mass is 309 g/mol. The lowest BCUT2D eigenvalue weighted by atomic mass is 9.75. The number of hydrogen-bond acceptors (Lipinski definition) is 2. The maximum atomic E-state index is 11.2. The number of carboxylic acids is 1. The summed E-state index contributed by atoms with van der Waals surface area (Å²) in [6.45, 7) is 4.71. The topological polar surface area (TPSA) is 49.3 Å². The first-order valence-electron chi connectivity index (χ1n) is 7.67. The summed E-state index contributed by atoms with van der Waals surface area (Å²) >= 11 is 5.89. The molecule has 2 N–H and O–H groups in total. The van der Waals surface area contributed by atoms with Crippen LogP contribution < -0.4 is 5.32 Å². The van der Waals surface area contributed by atoms with Gasteiger partial charge in [-0.15, -0.1) is 0 Å². The molecule has 0 saturated heterocycles. The lowest BCUT2D eigenvalue weighted by Gasteiger charge is -2.37. The highest BCUT2D eigenvalue weighted by Gasteiger charge is 2.31. The summed E-state index contributed by atoms with van der Waals surface area (Å²) in [7, 11) is 0. The zero-order valence-corrected chi connectivity index (χ0v) is 13.4. The summed E-state index contributed by atoms with van der Waals surface area (Å²) < 4.78 is 0. The van der Waals surface area contributed by atoms with Crippen molar-refractivity contribution in [1.82, 2.24) is 5.32 Å². The van der Waals surface area contributed by atoms with E-state index >= 15 is 0 Å². The molecule has 1 atom stereocenters. The molecular weight excluding hydrogens is 286 g/mol. The van der Waals surface area contributed by atoms with Crippen molar-refractivity contribution in [3.05, 3.63) is 34.9 Å². The van der Waals surface area contributed by atoms with E-state index in [0.717, 1.165) is 24.3 Å². The van der Waals surface area contributed by atoms with Crippen molar-refractivity contribution in [1.29, 1.82) is 0 Å². The Morgan fingerprint density at radius 2 is 1.95 bits per heavy atom. The summed E-state index contributed by atoms with van der Waals surface area (Å²) in [5.74, 6) is 0.0219. The van der Waals surface area contributed by atoms with Crippen molar-refractivity contribution < 1.29 is 9.90 Å². The number of nitrogens with one attached hydrogen (secondary N) is 1. The summed E-state index contributed by atoms with van der Waals surface area (Å²) in [5, 5.41) is 13.4. The minimum absolute atomic E-state index is 0.278. The molecule has 0 spiro atoms. The van der Waals surface area contributed by atoms with Crippen LogP contribution in [0, 0.1) is 11.8 Å². The molecule has 0 aliphatic heterocycles. The standard InChI is InChI=1S/C17H24ClNO2/c1-11(2)7-14(17(20)21)10-19-16-8-13(9-16)12-3-5-15(18)6-4-12/h3-6,11,13-14,16,19H,7-10H2,1-2H3,(H,20,21). The van der Waals surface area contributed by atoms with Crippen molar-refractivity contribution in [3.63, 3.8) is 0 Å². The molecule has 4 heteroatoms. The summed E-state index contributed by atoms with van der Waals surface area (Å²) in [6, 6.07) is 8.48. The zero-order valence-electron chi connectivity index (χ0n) is 12.7. The second kappa shape index (κ2) is 7.28. The van der Waals surface area contributed by atoms with E-state index in [9.17, 15) is 9.90 Å². The molecular formula is C17H24ClNO2. The highest BCUT2D eigenvalue weighted by Crippen LogP contribution is 2.37. The SMILES string of the molecule is CC(C)CC(CNC1CC(c2ccc(Cl)cc2)C1)C(=O)O. The number of rotatable bonds is 7. The van der Waals surface area contributed by atoms with Gasteiger partial charge >= 0.3 is 5.97 Å². The number of hydrogen-bond donors (Lipinski definition) is 2. The molecule has 0 bridgehead atoms. The third-order valence-electron chi connectivity index (χ3n) is 4.24. The van der Waals surface area contributed by atoms with Gasteiger partial charge in [0.25, 0.3) is 0 Å². The van der Waals surface area contributed by atoms with E-state index in [1.54, 1.807) is 0 Å². The Hall–Kier alpha value is -1.06. The number of benzene rings is 1. The van der Waals surface area contributed by atoms with Crippen molar-refractivity contribution in [2.45, 2.75) is 45.1 Å². The summed E-state index contributed by atoms with van der Waals surface area (Å²) in [6.07, 6.45) is 2.89. The minimum atomic E-state index is -0.690. The number of carbonyl (C=O) groups is 1. The molecule has 1 unspecified atom stereocenters. The van der Waals surface area contributed by atoms with Crippen molar-refractivity contribution in [2.24, 2.45) is 11.8 Å². The zero-order chi connectivity index (χ0) is 15.4. The minimum Gasteiger partial charge on any atom is -0.481 e. The fraction of sp³-hybridized carbons (Fsp3) is 0.588. The average Bonchev–Trinajstić information content (AvgIpc) is 2.36. The first kappa shape index (κ1) is 16.3. The number of carboxylic acid groups (broad SMARTS) is 1. The normalized spacial score (nSPS) is 22.9. The van der Waals surface area contributed by atoms with Crippen LogP contribution >= 0.6 is 11.6 Å². The molecule has 21 heavy (non-hydrogen) atoms. The molecule has 0 radical (unpaired) electrons. The predicted octanol–water partition coefficient (Wildman–Crippen LogP) is 3.92. The van der Waals surface area contributed by atoms with Crippen molar-refractivity contribution in [3.8, 4) is 0 Å². The Bertz CT molecular complexity index is 466. The van der Waals surface area contributed by atoms with E-state index in [1.165, 1.54) is 5.56 Å². The molecule has 1 fully saturated rings. The fourth-order valence-electron chi connectivity index (χ4n) is 2.94. The van der Waals surface area contributed by atoms with Crippen LogP contribution in [-0.2, 0) is 4.79 Å². The van der Waals surface area contributed by atoms with E-state index in [4.69, 9.17) is 11.6 Å². The largest absolute Gasteiger partial charge is 0.481 e.